The van der Waals surface area contributed by atoms with Crippen LogP contribution in [0, 0.1) is 5.82 Å². The van der Waals surface area contributed by atoms with Gasteiger partial charge in [-0.15, -0.1) is 0 Å². The van der Waals surface area contributed by atoms with Crippen LogP contribution in [-0.2, 0) is 11.2 Å². The fourth-order valence-corrected chi connectivity index (χ4v) is 1.31. The number of likely N-dealkylation sites (N-methyl/N-ethyl adjacent to an activating group) is 1. The van der Waals surface area contributed by atoms with Gasteiger partial charge in [-0.2, -0.15) is 0 Å². The normalized spacial score (nSPS) is 12.2. The molecule has 3 nitrogen and oxygen atoms in total. The van der Waals surface area contributed by atoms with E-state index in [1.54, 1.807) is 24.1 Å². The zero-order chi connectivity index (χ0) is 12.1. The maximum absolute atomic E-state index is 12.7. The lowest BCUT2D eigenvalue weighted by atomic mass is 10.1. The molecule has 88 valence electrons. The molecular weight excluding hydrogens is 207 g/mol. The predicted molar refractivity (Wildman–Crippen MR) is 61.4 cm³/mol. The third-order valence-electron chi connectivity index (χ3n) is 2.66. The lowest BCUT2D eigenvalue weighted by Gasteiger charge is -2.23. The lowest BCUT2D eigenvalue weighted by molar-refractivity contribution is -0.130. The third-order valence-corrected chi connectivity index (χ3v) is 2.66. The van der Waals surface area contributed by atoms with E-state index in [1.165, 1.54) is 12.1 Å². The van der Waals surface area contributed by atoms with Crippen LogP contribution in [0.1, 0.15) is 12.5 Å². The van der Waals surface area contributed by atoms with Crippen molar-refractivity contribution in [3.63, 3.8) is 0 Å². The Morgan fingerprint density at radius 1 is 1.44 bits per heavy atom. The molecule has 0 aliphatic rings. The Morgan fingerprint density at radius 3 is 2.50 bits per heavy atom. The Labute approximate surface area is 95.0 Å². The number of carbonyl (C=O) groups excluding carboxylic acids is 1. The van der Waals surface area contributed by atoms with Crippen LogP contribution in [0.2, 0.25) is 0 Å². The molecule has 0 spiro atoms. The Morgan fingerprint density at radius 2 is 2.00 bits per heavy atom. The van der Waals surface area contributed by atoms with Gasteiger partial charge in [-0.3, -0.25) is 4.79 Å². The Bertz CT molecular complexity index is 351. The topological polar surface area (TPSA) is 46.3 Å². The van der Waals surface area contributed by atoms with Crippen molar-refractivity contribution in [2.45, 2.75) is 19.4 Å². The van der Waals surface area contributed by atoms with Crippen molar-refractivity contribution in [2.75, 3.05) is 13.6 Å². The van der Waals surface area contributed by atoms with Gasteiger partial charge in [-0.1, -0.05) is 12.1 Å². The zero-order valence-corrected chi connectivity index (χ0v) is 9.61. The first-order valence-electron chi connectivity index (χ1n) is 5.24. The van der Waals surface area contributed by atoms with Crippen molar-refractivity contribution in [1.82, 2.24) is 4.90 Å². The molecule has 2 N–H and O–H groups in total. The SMILES string of the molecule is CC(CN)N(C)C(=O)Cc1ccc(F)cc1. The summed E-state index contributed by atoms with van der Waals surface area (Å²) < 4.78 is 12.7. The standard InChI is InChI=1S/C12H17FN2O/c1-9(8-14)15(2)12(16)7-10-3-5-11(13)6-4-10/h3-6,9H,7-8,14H2,1-2H3. The van der Waals surface area contributed by atoms with Crippen LogP contribution < -0.4 is 5.73 Å². The highest BCUT2D eigenvalue weighted by Gasteiger charge is 2.14. The Balaban J connectivity index is 2.60. The van der Waals surface area contributed by atoms with Gasteiger partial charge in [0, 0.05) is 19.6 Å². The molecule has 0 fully saturated rings. The molecule has 1 unspecified atom stereocenters. The van der Waals surface area contributed by atoms with Crippen molar-refractivity contribution in [3.05, 3.63) is 35.6 Å². The first kappa shape index (κ1) is 12.6. The summed E-state index contributed by atoms with van der Waals surface area (Å²) in [6, 6.07) is 5.97. The minimum Gasteiger partial charge on any atom is -0.341 e. The molecule has 0 aliphatic carbocycles. The molecule has 0 bridgehead atoms. The smallest absolute Gasteiger partial charge is 0.227 e. The lowest BCUT2D eigenvalue weighted by Crippen LogP contribution is -2.40. The second-order valence-corrected chi connectivity index (χ2v) is 3.89. The second kappa shape index (κ2) is 5.61. The van der Waals surface area contributed by atoms with Crippen LogP contribution in [0.3, 0.4) is 0 Å². The van der Waals surface area contributed by atoms with Crippen LogP contribution in [0.5, 0.6) is 0 Å². The summed E-state index contributed by atoms with van der Waals surface area (Å²) in [5, 5.41) is 0. The second-order valence-electron chi connectivity index (χ2n) is 3.89. The monoisotopic (exact) mass is 224 g/mol. The molecule has 0 radical (unpaired) electrons. The van der Waals surface area contributed by atoms with Crippen molar-refractivity contribution in [2.24, 2.45) is 5.73 Å². The highest BCUT2D eigenvalue weighted by Crippen LogP contribution is 2.06. The van der Waals surface area contributed by atoms with Crippen molar-refractivity contribution in [3.8, 4) is 0 Å². The molecular formula is C12H17FN2O. The number of halogens is 1. The van der Waals surface area contributed by atoms with E-state index in [0.717, 1.165) is 5.56 Å². The number of rotatable bonds is 4. The zero-order valence-electron chi connectivity index (χ0n) is 9.61. The summed E-state index contributed by atoms with van der Waals surface area (Å²) in [4.78, 5) is 13.4. The molecule has 1 aromatic rings. The maximum atomic E-state index is 12.7. The number of hydrogen-bond acceptors (Lipinski definition) is 2. The summed E-state index contributed by atoms with van der Waals surface area (Å²) in [5.74, 6) is -0.301. The Kier molecular flexibility index (Phi) is 4.43. The average molecular weight is 224 g/mol. The molecule has 0 aliphatic heterocycles. The van der Waals surface area contributed by atoms with Crippen molar-refractivity contribution in [1.29, 1.82) is 0 Å². The molecule has 1 amide bonds. The number of carbonyl (C=O) groups is 1. The quantitative estimate of drug-likeness (QED) is 0.834. The highest BCUT2D eigenvalue weighted by molar-refractivity contribution is 5.78. The first-order valence-corrected chi connectivity index (χ1v) is 5.24. The summed E-state index contributed by atoms with van der Waals surface area (Å²) in [6.07, 6.45) is 0.279. The van der Waals surface area contributed by atoms with Crippen LogP contribution in [0.25, 0.3) is 0 Å². The molecule has 0 saturated carbocycles. The van der Waals surface area contributed by atoms with Crippen LogP contribution in [0.15, 0.2) is 24.3 Å². The first-order chi connectivity index (χ1) is 7.54. The largest absolute Gasteiger partial charge is 0.341 e. The van der Waals surface area contributed by atoms with E-state index in [4.69, 9.17) is 5.73 Å². The van der Waals surface area contributed by atoms with Gasteiger partial charge < -0.3 is 10.6 Å². The van der Waals surface area contributed by atoms with Gasteiger partial charge in [-0.25, -0.2) is 4.39 Å². The van der Waals surface area contributed by atoms with Crippen LogP contribution in [-0.4, -0.2) is 30.4 Å². The number of nitrogens with zero attached hydrogens (tertiary/aromatic N) is 1. The molecule has 1 rings (SSSR count). The van der Waals surface area contributed by atoms with Crippen LogP contribution in [0.4, 0.5) is 4.39 Å². The summed E-state index contributed by atoms with van der Waals surface area (Å²) in [7, 11) is 1.73. The molecule has 0 saturated heterocycles. The fraction of sp³-hybridized carbons (Fsp3) is 0.417. The van der Waals surface area contributed by atoms with Gasteiger partial charge >= 0.3 is 0 Å². The van der Waals surface area contributed by atoms with Crippen molar-refractivity contribution >= 4 is 5.91 Å². The summed E-state index contributed by atoms with van der Waals surface area (Å²) >= 11 is 0. The van der Waals surface area contributed by atoms with E-state index in [9.17, 15) is 9.18 Å². The summed E-state index contributed by atoms with van der Waals surface area (Å²) in [5.41, 5.74) is 6.29. The number of benzene rings is 1. The molecule has 0 heterocycles. The van der Waals surface area contributed by atoms with E-state index in [1.807, 2.05) is 6.92 Å². The fourth-order valence-electron chi connectivity index (χ4n) is 1.31. The minimum absolute atomic E-state index is 0.00967. The van der Waals surface area contributed by atoms with Gasteiger partial charge in [0.2, 0.25) is 5.91 Å². The van der Waals surface area contributed by atoms with E-state index >= 15 is 0 Å². The molecule has 16 heavy (non-hydrogen) atoms. The average Bonchev–Trinajstić information content (AvgIpc) is 2.30. The third kappa shape index (κ3) is 3.31. The molecule has 1 atom stereocenters. The summed E-state index contributed by atoms with van der Waals surface area (Å²) in [6.45, 7) is 2.33. The van der Waals surface area contributed by atoms with Crippen molar-refractivity contribution < 1.29 is 9.18 Å². The van der Waals surface area contributed by atoms with Gasteiger partial charge in [0.1, 0.15) is 5.82 Å². The van der Waals surface area contributed by atoms with E-state index in [0.29, 0.717) is 6.54 Å². The van der Waals surface area contributed by atoms with E-state index in [2.05, 4.69) is 0 Å². The maximum Gasteiger partial charge on any atom is 0.227 e. The molecule has 1 aromatic carbocycles. The molecule has 0 aromatic heterocycles. The van der Waals surface area contributed by atoms with Gasteiger partial charge in [-0.05, 0) is 24.6 Å². The Hall–Kier alpha value is -1.42. The highest BCUT2D eigenvalue weighted by atomic mass is 19.1. The minimum atomic E-state index is -0.292. The predicted octanol–water partition coefficient (Wildman–Crippen LogP) is 1.17. The number of nitrogens with two attached hydrogens (primary N) is 1. The number of amides is 1. The van der Waals surface area contributed by atoms with Gasteiger partial charge in [0.05, 0.1) is 6.42 Å². The van der Waals surface area contributed by atoms with Gasteiger partial charge in [0.15, 0.2) is 0 Å². The van der Waals surface area contributed by atoms with Gasteiger partial charge in [0.25, 0.3) is 0 Å². The number of hydrogen-bond donors (Lipinski definition) is 1. The van der Waals surface area contributed by atoms with Crippen LogP contribution >= 0.6 is 0 Å². The van der Waals surface area contributed by atoms with E-state index in [-0.39, 0.29) is 24.2 Å². The molecule has 4 heteroatoms. The van der Waals surface area contributed by atoms with E-state index < -0.39 is 0 Å².